The van der Waals surface area contributed by atoms with E-state index in [2.05, 4.69) is 57.2 Å². The molecule has 9 heteroatoms. The standard InChI is InChI=1S/C19H32N6OS.HI/c1-15(2)8-11-26-12-10-21-19(20-9-7-17-6-5-13-27-17)22-14-18-24-23-16(3)25(18)4;/h5-6,13,15H,7-12,14H2,1-4H3,(H2,20,21,22);1H. The van der Waals surface area contributed by atoms with Crippen molar-refractivity contribution in [2.24, 2.45) is 18.0 Å². The molecule has 2 aromatic rings. The van der Waals surface area contributed by atoms with Crippen LogP contribution in [0, 0.1) is 12.8 Å². The molecule has 2 aromatic heterocycles. The van der Waals surface area contributed by atoms with Gasteiger partial charge < -0.3 is 19.9 Å². The molecule has 2 heterocycles. The number of hydrogen-bond acceptors (Lipinski definition) is 5. The normalized spacial score (nSPS) is 11.5. The van der Waals surface area contributed by atoms with Gasteiger partial charge in [0.2, 0.25) is 0 Å². The van der Waals surface area contributed by atoms with Gasteiger partial charge in [-0.05, 0) is 37.1 Å². The Morgan fingerprint density at radius 3 is 2.68 bits per heavy atom. The lowest BCUT2D eigenvalue weighted by atomic mass is 10.1. The predicted octanol–water partition coefficient (Wildman–Crippen LogP) is 3.14. The topological polar surface area (TPSA) is 76.4 Å². The van der Waals surface area contributed by atoms with Gasteiger partial charge >= 0.3 is 0 Å². The summed E-state index contributed by atoms with van der Waals surface area (Å²) in [6.45, 7) is 9.86. The van der Waals surface area contributed by atoms with Crippen LogP contribution in [-0.2, 0) is 24.8 Å². The minimum Gasteiger partial charge on any atom is -0.380 e. The van der Waals surface area contributed by atoms with E-state index in [0.29, 0.717) is 19.1 Å². The van der Waals surface area contributed by atoms with Crippen molar-refractivity contribution in [1.82, 2.24) is 25.4 Å². The summed E-state index contributed by atoms with van der Waals surface area (Å²) in [5.74, 6) is 3.18. The van der Waals surface area contributed by atoms with Crippen LogP contribution >= 0.6 is 35.3 Å². The average Bonchev–Trinajstić information content (AvgIpc) is 3.26. The number of aryl methyl sites for hydroxylation is 1. The van der Waals surface area contributed by atoms with Gasteiger partial charge in [-0.15, -0.1) is 45.5 Å². The Hall–Kier alpha value is -1.20. The molecule has 2 N–H and O–H groups in total. The molecule has 0 unspecified atom stereocenters. The van der Waals surface area contributed by atoms with Crippen molar-refractivity contribution in [3.63, 3.8) is 0 Å². The van der Waals surface area contributed by atoms with Crippen LogP contribution in [-0.4, -0.2) is 47.0 Å². The van der Waals surface area contributed by atoms with Gasteiger partial charge in [-0.2, -0.15) is 0 Å². The second-order valence-corrected chi connectivity index (χ2v) is 7.90. The number of ether oxygens (including phenoxy) is 1. The summed E-state index contributed by atoms with van der Waals surface area (Å²) in [6.07, 6.45) is 2.07. The second-order valence-electron chi connectivity index (χ2n) is 6.87. The van der Waals surface area contributed by atoms with Gasteiger partial charge in [0, 0.05) is 31.6 Å². The lowest BCUT2D eigenvalue weighted by Gasteiger charge is -2.13. The monoisotopic (exact) mass is 520 g/mol. The van der Waals surface area contributed by atoms with E-state index in [0.717, 1.165) is 50.1 Å². The van der Waals surface area contributed by atoms with E-state index < -0.39 is 0 Å². The molecule has 0 radical (unpaired) electrons. The minimum absolute atomic E-state index is 0. The Morgan fingerprint density at radius 2 is 2.04 bits per heavy atom. The Morgan fingerprint density at radius 1 is 1.25 bits per heavy atom. The van der Waals surface area contributed by atoms with Crippen molar-refractivity contribution in [2.75, 3.05) is 26.3 Å². The van der Waals surface area contributed by atoms with Crippen molar-refractivity contribution in [2.45, 2.75) is 40.2 Å². The molecule has 0 fully saturated rings. The van der Waals surface area contributed by atoms with E-state index in [1.165, 1.54) is 4.88 Å². The Balaban J connectivity index is 0.00000392. The molecule has 0 aliphatic rings. The van der Waals surface area contributed by atoms with Crippen LogP contribution in [0.3, 0.4) is 0 Å². The largest absolute Gasteiger partial charge is 0.380 e. The fourth-order valence-corrected chi connectivity index (χ4v) is 3.04. The number of aliphatic imine (C=N–C) groups is 1. The van der Waals surface area contributed by atoms with Crippen molar-refractivity contribution >= 4 is 41.3 Å². The first-order valence-electron chi connectivity index (χ1n) is 9.53. The molecule has 0 bridgehead atoms. The molecule has 0 atom stereocenters. The molecule has 0 spiro atoms. The molecule has 0 aliphatic carbocycles. The maximum Gasteiger partial charge on any atom is 0.191 e. The van der Waals surface area contributed by atoms with E-state index in [9.17, 15) is 0 Å². The third kappa shape index (κ3) is 9.33. The van der Waals surface area contributed by atoms with Crippen LogP contribution in [0.25, 0.3) is 0 Å². The number of nitrogens with one attached hydrogen (secondary N) is 2. The lowest BCUT2D eigenvalue weighted by Crippen LogP contribution is -2.40. The summed E-state index contributed by atoms with van der Waals surface area (Å²) in [4.78, 5) is 6.02. The zero-order valence-corrected chi connectivity index (χ0v) is 20.4. The molecule has 0 amide bonds. The van der Waals surface area contributed by atoms with Crippen LogP contribution in [0.2, 0.25) is 0 Å². The molecule has 0 aliphatic heterocycles. The molecule has 28 heavy (non-hydrogen) atoms. The maximum atomic E-state index is 5.67. The van der Waals surface area contributed by atoms with Crippen LogP contribution in [0.5, 0.6) is 0 Å². The van der Waals surface area contributed by atoms with Crippen LogP contribution < -0.4 is 10.6 Å². The summed E-state index contributed by atoms with van der Waals surface area (Å²) < 4.78 is 7.63. The number of halogens is 1. The highest BCUT2D eigenvalue weighted by Gasteiger charge is 2.05. The fraction of sp³-hybridized carbons (Fsp3) is 0.632. The Kier molecular flexibility index (Phi) is 12.3. The zero-order chi connectivity index (χ0) is 19.5. The first-order chi connectivity index (χ1) is 13.1. The first-order valence-corrected chi connectivity index (χ1v) is 10.4. The van der Waals surface area contributed by atoms with E-state index in [1.807, 2.05) is 18.5 Å². The highest BCUT2D eigenvalue weighted by atomic mass is 127. The Labute approximate surface area is 189 Å². The number of thiophene rings is 1. The summed E-state index contributed by atoms with van der Waals surface area (Å²) in [6, 6.07) is 4.24. The molecule has 2 rings (SSSR count). The van der Waals surface area contributed by atoms with Crippen LogP contribution in [0.1, 0.15) is 36.8 Å². The third-order valence-corrected chi connectivity index (χ3v) is 5.12. The number of nitrogens with zero attached hydrogens (tertiary/aromatic N) is 4. The van der Waals surface area contributed by atoms with E-state index in [4.69, 9.17) is 4.74 Å². The van der Waals surface area contributed by atoms with Gasteiger partial charge in [0.25, 0.3) is 0 Å². The van der Waals surface area contributed by atoms with Crippen molar-refractivity contribution in [3.8, 4) is 0 Å². The summed E-state index contributed by atoms with van der Waals surface area (Å²) in [7, 11) is 1.96. The van der Waals surface area contributed by atoms with Crippen molar-refractivity contribution < 1.29 is 4.74 Å². The van der Waals surface area contributed by atoms with Crippen LogP contribution in [0.15, 0.2) is 22.5 Å². The first kappa shape index (κ1) is 24.8. The second kappa shape index (κ2) is 13.9. The maximum absolute atomic E-state index is 5.67. The summed E-state index contributed by atoms with van der Waals surface area (Å²) >= 11 is 1.78. The van der Waals surface area contributed by atoms with Crippen molar-refractivity contribution in [3.05, 3.63) is 34.0 Å². The molecule has 0 aromatic carbocycles. The highest BCUT2D eigenvalue weighted by Crippen LogP contribution is 2.08. The predicted molar refractivity (Wildman–Crippen MR) is 127 cm³/mol. The number of aromatic nitrogens is 3. The molecule has 7 nitrogen and oxygen atoms in total. The van der Waals surface area contributed by atoms with Crippen LogP contribution in [0.4, 0.5) is 0 Å². The molecule has 0 saturated carbocycles. The molecule has 158 valence electrons. The smallest absolute Gasteiger partial charge is 0.191 e. The number of guanidine groups is 1. The molecular formula is C19H33IN6OS. The van der Waals surface area contributed by atoms with Gasteiger partial charge in [-0.3, -0.25) is 0 Å². The minimum atomic E-state index is 0. The van der Waals surface area contributed by atoms with Gasteiger partial charge in [0.15, 0.2) is 11.8 Å². The molecule has 0 saturated heterocycles. The van der Waals surface area contributed by atoms with Gasteiger partial charge in [0.1, 0.15) is 12.4 Å². The van der Waals surface area contributed by atoms with Gasteiger partial charge in [-0.25, -0.2) is 4.99 Å². The average molecular weight is 520 g/mol. The number of rotatable bonds is 11. The molecular weight excluding hydrogens is 487 g/mol. The summed E-state index contributed by atoms with van der Waals surface area (Å²) in [5, 5.41) is 17.1. The quantitative estimate of drug-likeness (QED) is 0.206. The SMILES string of the molecule is Cc1nnc(CN=C(NCCOCCC(C)C)NCCc2cccs2)n1C.I. The third-order valence-electron chi connectivity index (χ3n) is 4.18. The fourth-order valence-electron chi connectivity index (χ4n) is 2.33. The van der Waals surface area contributed by atoms with Gasteiger partial charge in [0.05, 0.1) is 6.61 Å². The van der Waals surface area contributed by atoms with E-state index in [-0.39, 0.29) is 24.0 Å². The van der Waals surface area contributed by atoms with E-state index >= 15 is 0 Å². The summed E-state index contributed by atoms with van der Waals surface area (Å²) in [5.41, 5.74) is 0. The lowest BCUT2D eigenvalue weighted by molar-refractivity contribution is 0.128. The van der Waals surface area contributed by atoms with Gasteiger partial charge in [-0.1, -0.05) is 19.9 Å². The number of hydrogen-bond donors (Lipinski definition) is 2. The Bertz CT molecular complexity index is 687. The van der Waals surface area contributed by atoms with Crippen molar-refractivity contribution in [1.29, 1.82) is 0 Å². The van der Waals surface area contributed by atoms with E-state index in [1.54, 1.807) is 11.3 Å². The zero-order valence-electron chi connectivity index (χ0n) is 17.3. The highest BCUT2D eigenvalue weighted by molar-refractivity contribution is 14.0.